The lowest BCUT2D eigenvalue weighted by Crippen LogP contribution is -2.36. The van der Waals surface area contributed by atoms with Crippen LogP contribution in [0.2, 0.25) is 0 Å². The van der Waals surface area contributed by atoms with Crippen LogP contribution >= 0.6 is 0 Å². The van der Waals surface area contributed by atoms with Gasteiger partial charge in [-0.1, -0.05) is 26.0 Å². The molecule has 20 heavy (non-hydrogen) atoms. The zero-order valence-corrected chi connectivity index (χ0v) is 12.4. The van der Waals surface area contributed by atoms with Gasteiger partial charge in [-0.05, 0) is 37.0 Å². The average Bonchev–Trinajstić information content (AvgIpc) is 2.77. The number of ether oxygens (including phenoxy) is 1. The number of aliphatic hydroxyl groups is 1. The van der Waals surface area contributed by atoms with Crippen LogP contribution in [0.5, 0.6) is 5.75 Å². The van der Waals surface area contributed by atoms with Gasteiger partial charge in [0.05, 0.1) is 5.60 Å². The number of hydrogen-bond acceptors (Lipinski definition) is 3. The largest absolute Gasteiger partial charge is 0.484 e. The number of amides is 1. The van der Waals surface area contributed by atoms with E-state index in [1.54, 1.807) is 11.8 Å². The summed E-state index contributed by atoms with van der Waals surface area (Å²) in [6.45, 7) is 7.04. The second-order valence-electron chi connectivity index (χ2n) is 6.07. The third-order valence-corrected chi connectivity index (χ3v) is 3.71. The lowest BCUT2D eigenvalue weighted by molar-refractivity contribution is -0.133. The molecular weight excluding hydrogens is 254 g/mol. The molecule has 0 spiro atoms. The standard InChI is InChI=1S/C16H23NO3/c1-12(2)13-4-6-14(7-5-13)20-10-15(18)17-9-8-16(3,19)11-17/h4-7,12,19H,8-11H2,1-3H3. The maximum Gasteiger partial charge on any atom is 0.260 e. The van der Waals surface area contributed by atoms with E-state index in [1.165, 1.54) is 5.56 Å². The highest BCUT2D eigenvalue weighted by Gasteiger charge is 2.33. The number of β-amino-alcohol motifs (C(OH)–C–C–N with tert-alkyl or cyclic N) is 1. The molecule has 1 amide bonds. The van der Waals surface area contributed by atoms with Crippen molar-refractivity contribution in [1.82, 2.24) is 4.90 Å². The fourth-order valence-corrected chi connectivity index (χ4v) is 2.34. The molecule has 1 aliphatic rings. The molecule has 0 saturated carbocycles. The first-order chi connectivity index (χ1) is 9.37. The third kappa shape index (κ3) is 3.73. The van der Waals surface area contributed by atoms with Gasteiger partial charge in [0, 0.05) is 13.1 Å². The first-order valence-corrected chi connectivity index (χ1v) is 7.10. The number of carbonyl (C=O) groups excluding carboxylic acids is 1. The summed E-state index contributed by atoms with van der Waals surface area (Å²) in [4.78, 5) is 13.6. The highest BCUT2D eigenvalue weighted by atomic mass is 16.5. The number of carbonyl (C=O) groups is 1. The summed E-state index contributed by atoms with van der Waals surface area (Å²) in [6.07, 6.45) is 0.627. The monoisotopic (exact) mass is 277 g/mol. The van der Waals surface area contributed by atoms with E-state index >= 15 is 0 Å². The zero-order chi connectivity index (χ0) is 14.8. The molecule has 1 unspecified atom stereocenters. The van der Waals surface area contributed by atoms with Gasteiger partial charge < -0.3 is 14.7 Å². The fraction of sp³-hybridized carbons (Fsp3) is 0.562. The fourth-order valence-electron chi connectivity index (χ4n) is 2.34. The first-order valence-electron chi connectivity index (χ1n) is 7.10. The molecule has 1 aromatic rings. The van der Waals surface area contributed by atoms with Crippen LogP contribution in [0.15, 0.2) is 24.3 Å². The number of benzene rings is 1. The summed E-state index contributed by atoms with van der Waals surface area (Å²) >= 11 is 0. The van der Waals surface area contributed by atoms with Crippen LogP contribution in [-0.2, 0) is 4.79 Å². The molecule has 1 aliphatic heterocycles. The molecule has 1 atom stereocenters. The van der Waals surface area contributed by atoms with E-state index in [0.29, 0.717) is 31.2 Å². The topological polar surface area (TPSA) is 49.8 Å². The van der Waals surface area contributed by atoms with Gasteiger partial charge in [-0.25, -0.2) is 0 Å². The predicted molar refractivity (Wildman–Crippen MR) is 77.8 cm³/mol. The smallest absolute Gasteiger partial charge is 0.260 e. The molecule has 0 bridgehead atoms. The van der Waals surface area contributed by atoms with Crippen molar-refractivity contribution in [2.45, 2.75) is 38.7 Å². The van der Waals surface area contributed by atoms with Crippen LogP contribution in [-0.4, -0.2) is 41.2 Å². The minimum Gasteiger partial charge on any atom is -0.484 e. The lowest BCUT2D eigenvalue weighted by atomic mass is 10.0. The normalized spacial score (nSPS) is 22.4. The summed E-state index contributed by atoms with van der Waals surface area (Å²) in [5.41, 5.74) is 0.494. The van der Waals surface area contributed by atoms with Gasteiger partial charge in [0.1, 0.15) is 5.75 Å². The summed E-state index contributed by atoms with van der Waals surface area (Å²) in [5, 5.41) is 9.85. The van der Waals surface area contributed by atoms with Crippen molar-refractivity contribution in [2.24, 2.45) is 0 Å². The quantitative estimate of drug-likeness (QED) is 0.917. The van der Waals surface area contributed by atoms with Crippen molar-refractivity contribution in [3.8, 4) is 5.75 Å². The third-order valence-electron chi connectivity index (χ3n) is 3.71. The predicted octanol–water partition coefficient (Wildman–Crippen LogP) is 2.17. The van der Waals surface area contributed by atoms with Gasteiger partial charge in [0.2, 0.25) is 0 Å². The highest BCUT2D eigenvalue weighted by molar-refractivity contribution is 5.78. The molecule has 0 aliphatic carbocycles. The highest BCUT2D eigenvalue weighted by Crippen LogP contribution is 2.21. The van der Waals surface area contributed by atoms with E-state index in [0.717, 1.165) is 0 Å². The number of nitrogens with zero attached hydrogens (tertiary/aromatic N) is 1. The molecule has 1 N–H and O–H groups in total. The number of likely N-dealkylation sites (tertiary alicyclic amines) is 1. The van der Waals surface area contributed by atoms with E-state index in [1.807, 2.05) is 24.3 Å². The van der Waals surface area contributed by atoms with Crippen molar-refractivity contribution >= 4 is 5.91 Å². The van der Waals surface area contributed by atoms with Crippen molar-refractivity contribution in [3.05, 3.63) is 29.8 Å². The summed E-state index contributed by atoms with van der Waals surface area (Å²) in [7, 11) is 0. The molecule has 4 nitrogen and oxygen atoms in total. The van der Waals surface area contributed by atoms with E-state index in [2.05, 4.69) is 13.8 Å². The molecular formula is C16H23NO3. The van der Waals surface area contributed by atoms with Crippen LogP contribution in [0.3, 0.4) is 0 Å². The minimum absolute atomic E-state index is 0.0249. The Kier molecular flexibility index (Phi) is 4.33. The Labute approximate surface area is 120 Å². The molecule has 2 rings (SSSR count). The van der Waals surface area contributed by atoms with Crippen LogP contribution in [0.1, 0.15) is 38.7 Å². The van der Waals surface area contributed by atoms with Crippen molar-refractivity contribution < 1.29 is 14.6 Å². The first kappa shape index (κ1) is 14.9. The van der Waals surface area contributed by atoms with Crippen LogP contribution in [0.25, 0.3) is 0 Å². The molecule has 0 aromatic heterocycles. The summed E-state index contributed by atoms with van der Waals surface area (Å²) in [6, 6.07) is 7.82. The Morgan fingerprint density at radius 1 is 1.40 bits per heavy atom. The van der Waals surface area contributed by atoms with E-state index < -0.39 is 5.60 Å². The molecule has 1 aromatic carbocycles. The van der Waals surface area contributed by atoms with Gasteiger partial charge in [-0.2, -0.15) is 0 Å². The van der Waals surface area contributed by atoms with Gasteiger partial charge in [-0.15, -0.1) is 0 Å². The molecule has 1 saturated heterocycles. The molecule has 0 radical (unpaired) electrons. The number of rotatable bonds is 4. The second-order valence-corrected chi connectivity index (χ2v) is 6.07. The Bertz CT molecular complexity index is 465. The number of hydrogen-bond donors (Lipinski definition) is 1. The Morgan fingerprint density at radius 3 is 2.55 bits per heavy atom. The Balaban J connectivity index is 1.84. The summed E-state index contributed by atoms with van der Waals surface area (Å²) < 4.78 is 5.51. The second kappa shape index (κ2) is 5.83. The van der Waals surface area contributed by atoms with Crippen molar-refractivity contribution in [2.75, 3.05) is 19.7 Å². The SMILES string of the molecule is CC(C)c1ccc(OCC(=O)N2CCC(C)(O)C2)cc1. The molecule has 110 valence electrons. The molecule has 4 heteroatoms. The van der Waals surface area contributed by atoms with E-state index in [4.69, 9.17) is 4.74 Å². The van der Waals surface area contributed by atoms with E-state index in [9.17, 15) is 9.90 Å². The van der Waals surface area contributed by atoms with Gasteiger partial charge >= 0.3 is 0 Å². The molecule has 1 heterocycles. The zero-order valence-electron chi connectivity index (χ0n) is 12.4. The molecule has 1 fully saturated rings. The maximum absolute atomic E-state index is 12.0. The van der Waals surface area contributed by atoms with Crippen molar-refractivity contribution in [1.29, 1.82) is 0 Å². The van der Waals surface area contributed by atoms with Crippen LogP contribution in [0, 0.1) is 0 Å². The lowest BCUT2D eigenvalue weighted by Gasteiger charge is -2.19. The van der Waals surface area contributed by atoms with E-state index in [-0.39, 0.29) is 12.5 Å². The summed E-state index contributed by atoms with van der Waals surface area (Å²) in [5.74, 6) is 1.11. The Hall–Kier alpha value is -1.55. The van der Waals surface area contributed by atoms with Gasteiger partial charge in [-0.3, -0.25) is 4.79 Å². The average molecular weight is 277 g/mol. The van der Waals surface area contributed by atoms with Crippen LogP contribution in [0.4, 0.5) is 0 Å². The Morgan fingerprint density at radius 2 is 2.05 bits per heavy atom. The van der Waals surface area contributed by atoms with Crippen molar-refractivity contribution in [3.63, 3.8) is 0 Å². The minimum atomic E-state index is -0.755. The van der Waals surface area contributed by atoms with Crippen LogP contribution < -0.4 is 4.74 Å². The van der Waals surface area contributed by atoms with Gasteiger partial charge in [0.15, 0.2) is 6.61 Å². The maximum atomic E-state index is 12.0. The van der Waals surface area contributed by atoms with Gasteiger partial charge in [0.25, 0.3) is 5.91 Å².